The lowest BCUT2D eigenvalue weighted by atomic mass is 10.3. The molecule has 5 nitrogen and oxygen atoms in total. The largest absolute Gasteiger partial charge is 0.354 e. The maximum atomic E-state index is 11.8. The molecule has 3 aromatic rings. The van der Waals surface area contributed by atoms with Gasteiger partial charge in [0.25, 0.3) is 0 Å². The number of hydrogen-bond donors (Lipinski definition) is 1. The van der Waals surface area contributed by atoms with Gasteiger partial charge in [-0.15, -0.1) is 0 Å². The van der Waals surface area contributed by atoms with Gasteiger partial charge in [-0.1, -0.05) is 18.2 Å². The minimum atomic E-state index is 0.109. The van der Waals surface area contributed by atoms with Crippen LogP contribution >= 0.6 is 11.8 Å². The highest BCUT2D eigenvalue weighted by Gasteiger charge is 2.14. The quantitative estimate of drug-likeness (QED) is 0.615. The molecule has 0 aliphatic heterocycles. The van der Waals surface area contributed by atoms with Gasteiger partial charge in [-0.3, -0.25) is 4.79 Å². The first-order chi connectivity index (χ1) is 12.6. The van der Waals surface area contributed by atoms with E-state index in [0.29, 0.717) is 6.42 Å². The first-order valence-electron chi connectivity index (χ1n) is 8.78. The summed E-state index contributed by atoms with van der Waals surface area (Å²) in [5.74, 6) is 2.76. The van der Waals surface area contributed by atoms with E-state index in [4.69, 9.17) is 0 Å². The Morgan fingerprint density at radius 3 is 2.58 bits per heavy atom. The Morgan fingerprint density at radius 2 is 1.88 bits per heavy atom. The van der Waals surface area contributed by atoms with E-state index in [1.807, 2.05) is 79.6 Å². The summed E-state index contributed by atoms with van der Waals surface area (Å²) in [4.78, 5) is 11.8. The number of aromatic nitrogens is 3. The molecule has 6 heteroatoms. The molecule has 0 aliphatic carbocycles. The molecule has 0 aliphatic rings. The zero-order valence-electron chi connectivity index (χ0n) is 15.1. The molecule has 0 spiro atoms. The Bertz CT molecular complexity index is 825. The van der Waals surface area contributed by atoms with Crippen molar-refractivity contribution in [1.29, 1.82) is 0 Å². The average molecular weight is 369 g/mol. The highest BCUT2D eigenvalue weighted by atomic mass is 32.2. The summed E-state index contributed by atoms with van der Waals surface area (Å²) in [5.41, 5.74) is 2.18. The van der Waals surface area contributed by atoms with Crippen molar-refractivity contribution in [3.05, 3.63) is 66.6 Å². The van der Waals surface area contributed by atoms with E-state index in [0.717, 1.165) is 28.6 Å². The summed E-state index contributed by atoms with van der Waals surface area (Å²) in [7, 11) is 0. The second-order valence-electron chi connectivity index (χ2n) is 6.36. The summed E-state index contributed by atoms with van der Waals surface area (Å²) < 4.78 is 4.04. The van der Waals surface area contributed by atoms with Gasteiger partial charge in [-0.2, -0.15) is 16.9 Å². The van der Waals surface area contributed by atoms with E-state index in [1.54, 1.807) is 11.8 Å². The topological polar surface area (TPSA) is 51.9 Å². The number of benzene rings is 1. The number of carbonyl (C=O) groups excluding carboxylic acids is 1. The van der Waals surface area contributed by atoms with Gasteiger partial charge >= 0.3 is 0 Å². The number of nitrogens with one attached hydrogen (secondary N) is 1. The predicted octanol–water partition coefficient (Wildman–Crippen LogP) is 3.81. The van der Waals surface area contributed by atoms with Gasteiger partial charge in [0.1, 0.15) is 5.82 Å². The lowest BCUT2D eigenvalue weighted by Gasteiger charge is -2.11. The van der Waals surface area contributed by atoms with Gasteiger partial charge in [-0.05, 0) is 38.1 Å². The van der Waals surface area contributed by atoms with E-state index in [1.165, 1.54) is 0 Å². The lowest BCUT2D eigenvalue weighted by Crippen LogP contribution is -2.30. The number of nitrogens with zero attached hydrogens (tertiary/aromatic N) is 3. The molecule has 0 saturated carbocycles. The van der Waals surface area contributed by atoms with Crippen LogP contribution in [0.2, 0.25) is 0 Å². The molecule has 1 N–H and O–H groups in total. The fraction of sp³-hybridized carbons (Fsp3) is 0.300. The summed E-state index contributed by atoms with van der Waals surface area (Å²) in [6, 6.07) is 14.3. The summed E-state index contributed by atoms with van der Waals surface area (Å²) in [6.45, 7) is 3.96. The van der Waals surface area contributed by atoms with Crippen LogP contribution in [0.5, 0.6) is 0 Å². The summed E-state index contributed by atoms with van der Waals surface area (Å²) in [5, 5.41) is 7.53. The van der Waals surface area contributed by atoms with Crippen LogP contribution in [0, 0.1) is 0 Å². The molecule has 0 fully saturated rings. The van der Waals surface area contributed by atoms with Crippen molar-refractivity contribution < 1.29 is 4.79 Å². The standard InChI is InChI=1S/C20H24N4OS/c1-16(2)22-19(25)10-13-26-15-17-14-21-24(18-8-4-3-5-9-18)20(17)23-11-6-7-12-23/h3-9,11-12,14,16H,10,13,15H2,1-2H3,(H,22,25). The highest BCUT2D eigenvalue weighted by molar-refractivity contribution is 7.98. The maximum absolute atomic E-state index is 11.8. The molecule has 1 aromatic carbocycles. The normalized spacial score (nSPS) is 11.0. The highest BCUT2D eigenvalue weighted by Crippen LogP contribution is 2.23. The van der Waals surface area contributed by atoms with E-state index in [-0.39, 0.29) is 11.9 Å². The second-order valence-corrected chi connectivity index (χ2v) is 7.46. The van der Waals surface area contributed by atoms with Crippen LogP contribution < -0.4 is 5.32 Å². The van der Waals surface area contributed by atoms with Crippen LogP contribution in [0.4, 0.5) is 0 Å². The van der Waals surface area contributed by atoms with Crippen LogP contribution in [0.25, 0.3) is 11.5 Å². The van der Waals surface area contributed by atoms with Gasteiger partial charge in [-0.25, -0.2) is 4.68 Å². The fourth-order valence-electron chi connectivity index (χ4n) is 2.73. The average Bonchev–Trinajstić information content (AvgIpc) is 3.28. The molecule has 0 radical (unpaired) electrons. The van der Waals surface area contributed by atoms with Crippen molar-refractivity contribution in [2.24, 2.45) is 0 Å². The predicted molar refractivity (Wildman–Crippen MR) is 107 cm³/mol. The molecule has 26 heavy (non-hydrogen) atoms. The Labute approximate surface area is 158 Å². The number of para-hydroxylation sites is 1. The monoisotopic (exact) mass is 368 g/mol. The molecule has 0 bridgehead atoms. The van der Waals surface area contributed by atoms with Crippen molar-refractivity contribution in [2.75, 3.05) is 5.75 Å². The minimum Gasteiger partial charge on any atom is -0.354 e. The molecular formula is C20H24N4OS. The number of hydrogen-bond acceptors (Lipinski definition) is 3. The minimum absolute atomic E-state index is 0.109. The van der Waals surface area contributed by atoms with Gasteiger partial charge in [0.15, 0.2) is 0 Å². The number of carbonyl (C=O) groups is 1. The van der Waals surface area contributed by atoms with E-state index in [9.17, 15) is 4.79 Å². The third-order valence-electron chi connectivity index (χ3n) is 3.85. The van der Waals surface area contributed by atoms with Crippen molar-refractivity contribution in [3.8, 4) is 11.5 Å². The SMILES string of the molecule is CC(C)NC(=O)CCSCc1cnn(-c2ccccc2)c1-n1cccc1. The van der Waals surface area contributed by atoms with Crippen LogP contribution in [0.1, 0.15) is 25.8 Å². The van der Waals surface area contributed by atoms with E-state index >= 15 is 0 Å². The molecule has 1 amide bonds. The summed E-state index contributed by atoms with van der Waals surface area (Å²) >= 11 is 1.75. The fourth-order valence-corrected chi connectivity index (χ4v) is 3.63. The molecule has 0 saturated heterocycles. The molecular weight excluding hydrogens is 344 g/mol. The number of amides is 1. The zero-order valence-corrected chi connectivity index (χ0v) is 15.9. The molecule has 0 unspecified atom stereocenters. The molecule has 3 rings (SSSR count). The zero-order chi connectivity index (χ0) is 18.4. The Hall–Kier alpha value is -2.47. The van der Waals surface area contributed by atoms with E-state index < -0.39 is 0 Å². The number of thioether (sulfide) groups is 1. The Balaban J connectivity index is 1.72. The maximum Gasteiger partial charge on any atom is 0.221 e. The Kier molecular flexibility index (Phi) is 6.17. The van der Waals surface area contributed by atoms with Crippen molar-refractivity contribution in [1.82, 2.24) is 19.7 Å². The third kappa shape index (κ3) is 4.58. The summed E-state index contributed by atoms with van der Waals surface area (Å²) in [6.07, 6.45) is 6.51. The van der Waals surface area contributed by atoms with Crippen molar-refractivity contribution in [3.63, 3.8) is 0 Å². The number of rotatable bonds is 8. The van der Waals surface area contributed by atoms with Crippen LogP contribution in [0.3, 0.4) is 0 Å². The molecule has 136 valence electrons. The lowest BCUT2D eigenvalue weighted by molar-refractivity contribution is -0.121. The first-order valence-corrected chi connectivity index (χ1v) is 9.93. The third-order valence-corrected chi connectivity index (χ3v) is 4.86. The van der Waals surface area contributed by atoms with Crippen LogP contribution in [-0.2, 0) is 10.5 Å². The smallest absolute Gasteiger partial charge is 0.221 e. The Morgan fingerprint density at radius 1 is 1.15 bits per heavy atom. The van der Waals surface area contributed by atoms with Gasteiger partial charge in [0.2, 0.25) is 5.91 Å². The van der Waals surface area contributed by atoms with Crippen molar-refractivity contribution >= 4 is 17.7 Å². The van der Waals surface area contributed by atoms with Gasteiger partial charge in [0.05, 0.1) is 11.9 Å². The molecule has 0 atom stereocenters. The van der Waals surface area contributed by atoms with Crippen molar-refractivity contribution in [2.45, 2.75) is 32.1 Å². The van der Waals surface area contributed by atoms with Gasteiger partial charge in [0, 0.05) is 41.9 Å². The molecule has 2 aromatic heterocycles. The van der Waals surface area contributed by atoms with E-state index in [2.05, 4.69) is 15.0 Å². The van der Waals surface area contributed by atoms with Gasteiger partial charge < -0.3 is 9.88 Å². The second kappa shape index (κ2) is 8.76. The van der Waals surface area contributed by atoms with Crippen LogP contribution in [0.15, 0.2) is 61.1 Å². The molecule has 2 heterocycles. The first kappa shape index (κ1) is 18.3. The van der Waals surface area contributed by atoms with Crippen LogP contribution in [-0.4, -0.2) is 32.0 Å².